The molecular formula is C14H18N2O5. The largest absolute Gasteiger partial charge is 0.468 e. The molecule has 114 valence electrons. The van der Waals surface area contributed by atoms with Gasteiger partial charge in [0.25, 0.3) is 11.6 Å². The number of methoxy groups -OCH3 is 1. The number of carbonyl (C=O) groups is 2. The van der Waals surface area contributed by atoms with E-state index in [-0.39, 0.29) is 17.8 Å². The van der Waals surface area contributed by atoms with Gasteiger partial charge in [0.2, 0.25) is 0 Å². The Morgan fingerprint density at radius 2 is 2.05 bits per heavy atom. The number of nitrogens with zero attached hydrogens (tertiary/aromatic N) is 2. The van der Waals surface area contributed by atoms with Crippen LogP contribution in [-0.4, -0.2) is 41.9 Å². The van der Waals surface area contributed by atoms with E-state index in [1.807, 2.05) is 6.92 Å². The van der Waals surface area contributed by atoms with Crippen LogP contribution in [0.4, 0.5) is 5.69 Å². The molecule has 7 nitrogen and oxygen atoms in total. The molecule has 1 aromatic carbocycles. The molecule has 1 rings (SSSR count). The lowest BCUT2D eigenvalue weighted by Crippen LogP contribution is -2.37. The third-order valence-corrected chi connectivity index (χ3v) is 2.91. The number of nitro groups is 1. The Kier molecular flexibility index (Phi) is 5.83. The lowest BCUT2D eigenvalue weighted by molar-refractivity contribution is -0.385. The summed E-state index contributed by atoms with van der Waals surface area (Å²) < 4.78 is 4.55. The first-order valence-corrected chi connectivity index (χ1v) is 6.51. The first kappa shape index (κ1) is 16.6. The summed E-state index contributed by atoms with van der Waals surface area (Å²) in [7, 11) is 1.23. The highest BCUT2D eigenvalue weighted by Crippen LogP contribution is 2.21. The minimum absolute atomic E-state index is 0.0163. The van der Waals surface area contributed by atoms with Crippen LogP contribution in [0.15, 0.2) is 18.2 Å². The van der Waals surface area contributed by atoms with E-state index in [9.17, 15) is 19.7 Å². The number of ether oxygens (including phenoxy) is 1. The van der Waals surface area contributed by atoms with Crippen LogP contribution in [0.5, 0.6) is 0 Å². The van der Waals surface area contributed by atoms with Crippen molar-refractivity contribution in [1.29, 1.82) is 0 Å². The van der Waals surface area contributed by atoms with Crippen molar-refractivity contribution in [2.75, 3.05) is 20.2 Å². The summed E-state index contributed by atoms with van der Waals surface area (Å²) in [5.74, 6) is -1.11. The third-order valence-electron chi connectivity index (χ3n) is 2.91. The summed E-state index contributed by atoms with van der Waals surface area (Å²) in [4.78, 5) is 35.5. The smallest absolute Gasteiger partial charge is 0.325 e. The zero-order valence-corrected chi connectivity index (χ0v) is 12.3. The molecule has 0 fully saturated rings. The van der Waals surface area contributed by atoms with Crippen LogP contribution in [-0.2, 0) is 9.53 Å². The van der Waals surface area contributed by atoms with E-state index in [0.29, 0.717) is 13.0 Å². The van der Waals surface area contributed by atoms with Gasteiger partial charge in [0, 0.05) is 12.6 Å². The van der Waals surface area contributed by atoms with Gasteiger partial charge in [0.1, 0.15) is 12.1 Å². The Hall–Kier alpha value is -2.44. The molecule has 1 aromatic rings. The number of carbonyl (C=O) groups excluding carboxylic acids is 2. The van der Waals surface area contributed by atoms with Gasteiger partial charge in [0.05, 0.1) is 12.0 Å². The Morgan fingerprint density at radius 3 is 2.57 bits per heavy atom. The van der Waals surface area contributed by atoms with Gasteiger partial charge in [-0.2, -0.15) is 0 Å². The second-order valence-electron chi connectivity index (χ2n) is 4.58. The molecule has 1 amide bonds. The van der Waals surface area contributed by atoms with E-state index in [2.05, 4.69) is 4.74 Å². The average Bonchev–Trinajstić information content (AvgIpc) is 2.45. The van der Waals surface area contributed by atoms with Crippen LogP contribution in [0.1, 0.15) is 29.3 Å². The zero-order valence-electron chi connectivity index (χ0n) is 12.3. The van der Waals surface area contributed by atoms with Crippen molar-refractivity contribution in [2.45, 2.75) is 20.3 Å². The van der Waals surface area contributed by atoms with Crippen molar-refractivity contribution in [3.63, 3.8) is 0 Å². The van der Waals surface area contributed by atoms with Gasteiger partial charge in [0.15, 0.2) is 0 Å². The lowest BCUT2D eigenvalue weighted by Gasteiger charge is -2.20. The predicted octanol–water partition coefficient (Wildman–Crippen LogP) is 1.93. The standard InChI is InChI=1S/C14H18N2O5/c1-4-7-15(9-13(17)21-3)14(18)11-8-10(2)5-6-12(11)16(19)20/h5-6,8H,4,7,9H2,1-3H3. The van der Waals surface area contributed by atoms with E-state index in [1.165, 1.54) is 24.1 Å². The molecule has 0 saturated heterocycles. The summed E-state index contributed by atoms with van der Waals surface area (Å²) in [6.07, 6.45) is 0.627. The molecular weight excluding hydrogens is 276 g/mol. The molecule has 0 heterocycles. The topological polar surface area (TPSA) is 89.8 Å². The van der Waals surface area contributed by atoms with Crippen molar-refractivity contribution in [2.24, 2.45) is 0 Å². The summed E-state index contributed by atoms with van der Waals surface area (Å²) in [6, 6.07) is 4.32. The number of hydrogen-bond donors (Lipinski definition) is 0. The molecule has 0 aromatic heterocycles. The van der Waals surface area contributed by atoms with Crippen molar-refractivity contribution in [1.82, 2.24) is 4.90 Å². The second kappa shape index (κ2) is 7.37. The molecule has 0 unspecified atom stereocenters. The quantitative estimate of drug-likeness (QED) is 0.454. The summed E-state index contributed by atoms with van der Waals surface area (Å²) in [5, 5.41) is 11.0. The van der Waals surface area contributed by atoms with Crippen LogP contribution in [0.2, 0.25) is 0 Å². The number of amides is 1. The second-order valence-corrected chi connectivity index (χ2v) is 4.58. The Balaban J connectivity index is 3.16. The first-order chi connectivity index (χ1) is 9.90. The molecule has 0 aliphatic carbocycles. The fraction of sp³-hybridized carbons (Fsp3) is 0.429. The maximum atomic E-state index is 12.5. The normalized spacial score (nSPS) is 10.0. The van der Waals surface area contributed by atoms with Gasteiger partial charge in [-0.25, -0.2) is 0 Å². The number of benzene rings is 1. The Labute approximate surface area is 122 Å². The van der Waals surface area contributed by atoms with Gasteiger partial charge in [-0.15, -0.1) is 0 Å². The number of hydrogen-bond acceptors (Lipinski definition) is 5. The lowest BCUT2D eigenvalue weighted by atomic mass is 10.1. The van der Waals surface area contributed by atoms with Gasteiger partial charge < -0.3 is 9.64 Å². The fourth-order valence-corrected chi connectivity index (χ4v) is 1.89. The Morgan fingerprint density at radius 1 is 1.38 bits per heavy atom. The maximum absolute atomic E-state index is 12.5. The molecule has 0 N–H and O–H groups in total. The molecule has 0 atom stereocenters. The maximum Gasteiger partial charge on any atom is 0.325 e. The summed E-state index contributed by atoms with van der Waals surface area (Å²) in [5.41, 5.74) is 0.451. The fourth-order valence-electron chi connectivity index (χ4n) is 1.89. The van der Waals surface area contributed by atoms with E-state index in [4.69, 9.17) is 0 Å². The molecule has 7 heteroatoms. The molecule has 21 heavy (non-hydrogen) atoms. The van der Waals surface area contributed by atoms with Crippen LogP contribution in [0, 0.1) is 17.0 Å². The van der Waals surface area contributed by atoms with Crippen molar-refractivity contribution in [3.05, 3.63) is 39.4 Å². The van der Waals surface area contributed by atoms with Gasteiger partial charge in [-0.3, -0.25) is 19.7 Å². The highest BCUT2D eigenvalue weighted by molar-refractivity contribution is 5.99. The monoisotopic (exact) mass is 294 g/mol. The number of rotatable bonds is 6. The number of aryl methyl sites for hydroxylation is 1. The molecule has 0 saturated carbocycles. The number of nitro benzene ring substituents is 1. The molecule has 0 radical (unpaired) electrons. The zero-order chi connectivity index (χ0) is 16.0. The third kappa shape index (κ3) is 4.27. The first-order valence-electron chi connectivity index (χ1n) is 6.51. The SMILES string of the molecule is CCCN(CC(=O)OC)C(=O)c1cc(C)ccc1[N+](=O)[O-]. The van der Waals surface area contributed by atoms with E-state index < -0.39 is 16.8 Å². The van der Waals surface area contributed by atoms with Crippen LogP contribution in [0.25, 0.3) is 0 Å². The van der Waals surface area contributed by atoms with E-state index in [1.54, 1.807) is 13.0 Å². The molecule has 0 bridgehead atoms. The van der Waals surface area contributed by atoms with Gasteiger partial charge in [-0.1, -0.05) is 13.0 Å². The predicted molar refractivity (Wildman–Crippen MR) is 76.0 cm³/mol. The molecule has 0 aliphatic rings. The number of esters is 1. The van der Waals surface area contributed by atoms with Crippen molar-refractivity contribution < 1.29 is 19.2 Å². The Bertz CT molecular complexity index is 556. The van der Waals surface area contributed by atoms with Crippen LogP contribution in [0.3, 0.4) is 0 Å². The summed E-state index contributed by atoms with van der Waals surface area (Å²) >= 11 is 0. The molecule has 0 aliphatic heterocycles. The van der Waals surface area contributed by atoms with E-state index in [0.717, 1.165) is 5.56 Å². The van der Waals surface area contributed by atoms with Gasteiger partial charge >= 0.3 is 5.97 Å². The summed E-state index contributed by atoms with van der Waals surface area (Å²) in [6.45, 7) is 3.68. The molecule has 0 spiro atoms. The van der Waals surface area contributed by atoms with Crippen molar-refractivity contribution in [3.8, 4) is 0 Å². The van der Waals surface area contributed by atoms with E-state index >= 15 is 0 Å². The highest BCUT2D eigenvalue weighted by atomic mass is 16.6. The minimum Gasteiger partial charge on any atom is -0.468 e. The van der Waals surface area contributed by atoms with Crippen LogP contribution >= 0.6 is 0 Å². The average molecular weight is 294 g/mol. The van der Waals surface area contributed by atoms with Gasteiger partial charge in [-0.05, 0) is 25.0 Å². The minimum atomic E-state index is -0.602. The van der Waals surface area contributed by atoms with Crippen molar-refractivity contribution >= 4 is 17.6 Å². The highest BCUT2D eigenvalue weighted by Gasteiger charge is 2.25. The van der Waals surface area contributed by atoms with Crippen LogP contribution < -0.4 is 0 Å².